The Morgan fingerprint density at radius 3 is 2.24 bits per heavy atom. The third-order valence-electron chi connectivity index (χ3n) is 2.61. The number of hydrogen-bond donors (Lipinski definition) is 1. The monoisotopic (exact) mass is 249 g/mol. The maximum absolute atomic E-state index is 13.1. The maximum atomic E-state index is 13.1. The van der Waals surface area contributed by atoms with Crippen LogP contribution in [0.2, 0.25) is 0 Å². The van der Waals surface area contributed by atoms with Crippen molar-refractivity contribution in [1.82, 2.24) is 0 Å². The molecule has 0 heterocycles. The highest BCUT2D eigenvalue weighted by molar-refractivity contribution is 5.27. The van der Waals surface area contributed by atoms with Crippen LogP contribution in [0.5, 0.6) is 0 Å². The Bertz CT molecular complexity index is 385. The third-order valence-corrected chi connectivity index (χ3v) is 2.61. The van der Waals surface area contributed by atoms with Gasteiger partial charge in [-0.05, 0) is 36.1 Å². The SMILES string of the molecule is CC(C)C(N)Cc1cc(F)cc(C(F)(F)F)c1. The molecule has 17 heavy (non-hydrogen) atoms. The molecule has 0 saturated carbocycles. The molecule has 1 aromatic carbocycles. The van der Waals surface area contributed by atoms with E-state index in [1.807, 2.05) is 13.8 Å². The first kappa shape index (κ1) is 14.0. The van der Waals surface area contributed by atoms with E-state index in [9.17, 15) is 17.6 Å². The molecule has 1 rings (SSSR count). The Morgan fingerprint density at radius 1 is 1.18 bits per heavy atom. The minimum absolute atomic E-state index is 0.132. The van der Waals surface area contributed by atoms with E-state index in [1.54, 1.807) is 0 Å². The molecular weight excluding hydrogens is 234 g/mol. The lowest BCUT2D eigenvalue weighted by atomic mass is 9.96. The van der Waals surface area contributed by atoms with E-state index in [0.717, 1.165) is 12.1 Å². The summed E-state index contributed by atoms with van der Waals surface area (Å²) in [7, 11) is 0. The first-order valence-corrected chi connectivity index (χ1v) is 5.32. The number of halogens is 4. The fourth-order valence-electron chi connectivity index (χ4n) is 1.44. The van der Waals surface area contributed by atoms with Gasteiger partial charge >= 0.3 is 6.18 Å². The maximum Gasteiger partial charge on any atom is 0.416 e. The van der Waals surface area contributed by atoms with Gasteiger partial charge in [0.25, 0.3) is 0 Å². The Kier molecular flexibility index (Phi) is 4.14. The highest BCUT2D eigenvalue weighted by Gasteiger charge is 2.31. The quantitative estimate of drug-likeness (QED) is 0.816. The molecule has 2 N–H and O–H groups in total. The lowest BCUT2D eigenvalue weighted by Crippen LogP contribution is -2.28. The van der Waals surface area contributed by atoms with E-state index in [-0.39, 0.29) is 23.9 Å². The van der Waals surface area contributed by atoms with Gasteiger partial charge in [0.2, 0.25) is 0 Å². The molecule has 0 aliphatic rings. The lowest BCUT2D eigenvalue weighted by Gasteiger charge is -2.16. The van der Waals surface area contributed by atoms with Gasteiger partial charge in [-0.3, -0.25) is 0 Å². The number of nitrogens with two attached hydrogens (primary N) is 1. The number of rotatable bonds is 3. The van der Waals surface area contributed by atoms with Crippen molar-refractivity contribution in [3.8, 4) is 0 Å². The second kappa shape index (κ2) is 5.04. The first-order valence-electron chi connectivity index (χ1n) is 5.32. The summed E-state index contributed by atoms with van der Waals surface area (Å²) in [5.74, 6) is -0.751. The van der Waals surface area contributed by atoms with Gasteiger partial charge in [0.1, 0.15) is 5.82 Å². The number of alkyl halides is 3. The molecule has 0 bridgehead atoms. The molecule has 1 atom stereocenters. The second-order valence-electron chi connectivity index (χ2n) is 4.46. The molecular formula is C12H15F4N. The minimum atomic E-state index is -4.53. The van der Waals surface area contributed by atoms with Gasteiger partial charge in [0.05, 0.1) is 5.56 Å². The molecule has 0 radical (unpaired) electrons. The summed E-state index contributed by atoms with van der Waals surface area (Å²) in [6.45, 7) is 3.74. The molecule has 0 fully saturated rings. The van der Waals surface area contributed by atoms with Crippen LogP contribution in [-0.4, -0.2) is 6.04 Å². The van der Waals surface area contributed by atoms with Gasteiger partial charge in [-0.1, -0.05) is 13.8 Å². The first-order chi connectivity index (χ1) is 7.70. The van der Waals surface area contributed by atoms with E-state index in [2.05, 4.69) is 0 Å². The summed E-state index contributed by atoms with van der Waals surface area (Å²) in [6, 6.07) is 2.26. The van der Waals surface area contributed by atoms with Gasteiger partial charge in [0, 0.05) is 6.04 Å². The van der Waals surface area contributed by atoms with Crippen molar-refractivity contribution in [2.24, 2.45) is 11.7 Å². The Labute approximate surface area is 97.6 Å². The van der Waals surface area contributed by atoms with E-state index < -0.39 is 17.6 Å². The van der Waals surface area contributed by atoms with Crippen LogP contribution in [-0.2, 0) is 12.6 Å². The van der Waals surface area contributed by atoms with Crippen LogP contribution in [0.25, 0.3) is 0 Å². The van der Waals surface area contributed by atoms with Crippen LogP contribution in [0.1, 0.15) is 25.0 Å². The molecule has 1 aromatic rings. The molecule has 0 saturated heterocycles. The topological polar surface area (TPSA) is 26.0 Å². The summed E-state index contributed by atoms with van der Waals surface area (Å²) in [6.07, 6.45) is -4.29. The van der Waals surface area contributed by atoms with Crippen molar-refractivity contribution in [2.75, 3.05) is 0 Å². The standard InChI is InChI=1S/C12H15F4N/c1-7(2)11(17)5-8-3-9(12(14,15)16)6-10(13)4-8/h3-4,6-7,11H,5,17H2,1-2H3. The smallest absolute Gasteiger partial charge is 0.327 e. The second-order valence-corrected chi connectivity index (χ2v) is 4.46. The molecule has 5 heteroatoms. The van der Waals surface area contributed by atoms with Crippen molar-refractivity contribution >= 4 is 0 Å². The highest BCUT2D eigenvalue weighted by atomic mass is 19.4. The summed E-state index contributed by atoms with van der Waals surface area (Å²) < 4.78 is 50.4. The molecule has 0 amide bonds. The molecule has 1 nitrogen and oxygen atoms in total. The Hall–Kier alpha value is -1.10. The van der Waals surface area contributed by atoms with Crippen LogP contribution < -0.4 is 5.73 Å². The zero-order valence-electron chi connectivity index (χ0n) is 9.68. The Morgan fingerprint density at radius 2 is 1.76 bits per heavy atom. The number of hydrogen-bond acceptors (Lipinski definition) is 1. The zero-order chi connectivity index (χ0) is 13.2. The largest absolute Gasteiger partial charge is 0.416 e. The van der Waals surface area contributed by atoms with Crippen molar-refractivity contribution < 1.29 is 17.6 Å². The molecule has 0 aliphatic carbocycles. The van der Waals surface area contributed by atoms with Crippen molar-refractivity contribution in [2.45, 2.75) is 32.5 Å². The molecule has 96 valence electrons. The van der Waals surface area contributed by atoms with E-state index in [4.69, 9.17) is 5.73 Å². The van der Waals surface area contributed by atoms with Gasteiger partial charge in [-0.15, -0.1) is 0 Å². The summed E-state index contributed by atoms with van der Waals surface area (Å²) in [5, 5.41) is 0. The lowest BCUT2D eigenvalue weighted by molar-refractivity contribution is -0.137. The van der Waals surface area contributed by atoms with Crippen LogP contribution in [0.3, 0.4) is 0 Å². The average molecular weight is 249 g/mol. The van der Waals surface area contributed by atoms with Crippen LogP contribution in [0, 0.1) is 11.7 Å². The summed E-state index contributed by atoms with van der Waals surface area (Å²) >= 11 is 0. The van der Waals surface area contributed by atoms with Crippen LogP contribution in [0.15, 0.2) is 18.2 Å². The predicted octanol–water partition coefficient (Wildman–Crippen LogP) is 3.37. The molecule has 1 unspecified atom stereocenters. The van der Waals surface area contributed by atoms with E-state index in [1.165, 1.54) is 0 Å². The van der Waals surface area contributed by atoms with Gasteiger partial charge in [0.15, 0.2) is 0 Å². The fourth-order valence-corrected chi connectivity index (χ4v) is 1.44. The van der Waals surface area contributed by atoms with Gasteiger partial charge in [-0.25, -0.2) is 4.39 Å². The summed E-state index contributed by atoms with van der Waals surface area (Å²) in [4.78, 5) is 0. The predicted molar refractivity (Wildman–Crippen MR) is 57.9 cm³/mol. The average Bonchev–Trinajstić information content (AvgIpc) is 2.15. The highest BCUT2D eigenvalue weighted by Crippen LogP contribution is 2.30. The number of benzene rings is 1. The van der Waals surface area contributed by atoms with Crippen LogP contribution in [0.4, 0.5) is 17.6 Å². The molecule has 0 aliphatic heterocycles. The molecule has 0 spiro atoms. The van der Waals surface area contributed by atoms with Gasteiger partial charge < -0.3 is 5.73 Å². The normalized spacial score (nSPS) is 14.1. The van der Waals surface area contributed by atoms with Crippen molar-refractivity contribution in [1.29, 1.82) is 0 Å². The van der Waals surface area contributed by atoms with Gasteiger partial charge in [-0.2, -0.15) is 13.2 Å². The van der Waals surface area contributed by atoms with E-state index >= 15 is 0 Å². The van der Waals surface area contributed by atoms with E-state index in [0.29, 0.717) is 6.07 Å². The zero-order valence-corrected chi connectivity index (χ0v) is 9.68. The fraction of sp³-hybridized carbons (Fsp3) is 0.500. The third kappa shape index (κ3) is 4.00. The molecule has 0 aromatic heterocycles. The minimum Gasteiger partial charge on any atom is -0.327 e. The van der Waals surface area contributed by atoms with Crippen molar-refractivity contribution in [3.05, 3.63) is 35.1 Å². The summed E-state index contributed by atoms with van der Waals surface area (Å²) in [5.41, 5.74) is 5.06. The van der Waals surface area contributed by atoms with Crippen LogP contribution >= 0.6 is 0 Å². The Balaban J connectivity index is 2.98. The van der Waals surface area contributed by atoms with Crippen molar-refractivity contribution in [3.63, 3.8) is 0 Å².